The Balaban J connectivity index is 4.33. The van der Waals surface area contributed by atoms with Gasteiger partial charge in [0, 0.05) is 6.42 Å². The third-order valence-electron chi connectivity index (χ3n) is 5.45. The van der Waals surface area contributed by atoms with E-state index in [0.717, 1.165) is 44.9 Å². The van der Waals surface area contributed by atoms with E-state index in [1.165, 1.54) is 32.1 Å². The zero-order chi connectivity index (χ0) is 25.0. The van der Waals surface area contributed by atoms with Crippen LogP contribution in [0.5, 0.6) is 0 Å². The number of unbranched alkanes of at least 4 members (excludes halogenated alkanes) is 12. The summed E-state index contributed by atoms with van der Waals surface area (Å²) in [4.78, 5) is 47.2. The van der Waals surface area contributed by atoms with Gasteiger partial charge in [0.2, 0.25) is 0 Å². The highest BCUT2D eigenvalue weighted by atomic mass is 16.6. The normalized spacial score (nSPS) is 12.7. The first-order valence-electron chi connectivity index (χ1n) is 12.6. The molecular weight excluding hydrogens is 428 g/mol. The number of carbonyl (C=O) groups is 4. The number of ether oxygens (including phenoxy) is 2. The molecule has 8 nitrogen and oxygen atoms in total. The minimum atomic E-state index is -2.57. The van der Waals surface area contributed by atoms with E-state index in [1.54, 1.807) is 0 Å². The van der Waals surface area contributed by atoms with E-state index in [2.05, 4.69) is 18.6 Å². The number of carbonyl (C=O) groups excluding carboxylic acids is 3. The Labute approximate surface area is 198 Å². The number of rotatable bonds is 21. The first-order valence-corrected chi connectivity index (χ1v) is 12.6. The summed E-state index contributed by atoms with van der Waals surface area (Å²) in [5, 5.41) is 19.5. The molecule has 0 saturated heterocycles. The van der Waals surface area contributed by atoms with E-state index >= 15 is 0 Å². The summed E-state index contributed by atoms with van der Waals surface area (Å²) in [7, 11) is 0. The predicted octanol–water partition coefficient (Wildman–Crippen LogP) is 5.09. The summed E-state index contributed by atoms with van der Waals surface area (Å²) < 4.78 is 9.68. The molecule has 0 aromatic heterocycles. The maximum absolute atomic E-state index is 12.3. The Morgan fingerprint density at radius 3 is 1.67 bits per heavy atom. The molecule has 0 fully saturated rings. The van der Waals surface area contributed by atoms with Gasteiger partial charge in [-0.25, -0.2) is 4.79 Å². The molecule has 1 unspecified atom stereocenters. The number of esters is 3. The van der Waals surface area contributed by atoms with E-state index in [9.17, 15) is 24.3 Å². The zero-order valence-corrected chi connectivity index (χ0v) is 20.6. The summed E-state index contributed by atoms with van der Waals surface area (Å²) in [5.41, 5.74) is -2.57. The first kappa shape index (κ1) is 31.0. The highest BCUT2D eigenvalue weighted by molar-refractivity contribution is 5.92. The maximum atomic E-state index is 12.3. The third kappa shape index (κ3) is 17.2. The molecule has 0 radical (unpaired) electrons. The topological polar surface area (TPSA) is 127 Å². The number of hydrogen-bond donors (Lipinski definition) is 2. The van der Waals surface area contributed by atoms with E-state index in [4.69, 9.17) is 9.84 Å². The average Bonchev–Trinajstić information content (AvgIpc) is 2.73. The molecule has 0 heterocycles. The van der Waals surface area contributed by atoms with Crippen molar-refractivity contribution in [1.29, 1.82) is 0 Å². The van der Waals surface area contributed by atoms with Gasteiger partial charge in [-0.3, -0.25) is 14.4 Å². The second-order valence-electron chi connectivity index (χ2n) is 8.75. The van der Waals surface area contributed by atoms with Crippen LogP contribution in [-0.4, -0.2) is 46.3 Å². The number of carboxylic acids is 1. The van der Waals surface area contributed by atoms with Crippen LogP contribution in [0.1, 0.15) is 123 Å². The molecule has 0 bridgehead atoms. The molecule has 1 atom stereocenters. The highest BCUT2D eigenvalue weighted by Gasteiger charge is 2.43. The van der Waals surface area contributed by atoms with Crippen molar-refractivity contribution in [2.24, 2.45) is 0 Å². The van der Waals surface area contributed by atoms with Gasteiger partial charge in [-0.05, 0) is 12.8 Å². The van der Waals surface area contributed by atoms with Crippen LogP contribution in [0.2, 0.25) is 0 Å². The quantitative estimate of drug-likeness (QED) is 0.134. The smallest absolute Gasteiger partial charge is 0.339 e. The van der Waals surface area contributed by atoms with E-state index in [1.807, 2.05) is 0 Å². The summed E-state index contributed by atoms with van der Waals surface area (Å²) in [6, 6.07) is 0. The van der Waals surface area contributed by atoms with E-state index in [-0.39, 0.29) is 13.0 Å². The van der Waals surface area contributed by atoms with Crippen LogP contribution in [0.3, 0.4) is 0 Å². The summed E-state index contributed by atoms with van der Waals surface area (Å²) in [6.45, 7) is 4.28. The third-order valence-corrected chi connectivity index (χ3v) is 5.45. The first-order chi connectivity index (χ1) is 15.7. The number of hydrogen-bond acceptors (Lipinski definition) is 7. The number of aliphatic carboxylic acids is 1. The summed E-state index contributed by atoms with van der Waals surface area (Å²) in [5.74, 6) is -4.55. The fourth-order valence-electron chi connectivity index (χ4n) is 3.49. The molecule has 8 heteroatoms. The largest absolute Gasteiger partial charge is 0.481 e. The Kier molecular flexibility index (Phi) is 18.3. The molecule has 0 aromatic rings. The van der Waals surface area contributed by atoms with E-state index in [0.29, 0.717) is 12.8 Å². The van der Waals surface area contributed by atoms with Gasteiger partial charge in [0.1, 0.15) is 0 Å². The molecule has 0 aliphatic heterocycles. The minimum absolute atomic E-state index is 0.0301. The van der Waals surface area contributed by atoms with Crippen LogP contribution in [0.4, 0.5) is 0 Å². The molecule has 192 valence electrons. The van der Waals surface area contributed by atoms with Gasteiger partial charge in [0.05, 0.1) is 19.4 Å². The monoisotopic (exact) mass is 472 g/mol. The van der Waals surface area contributed by atoms with Crippen LogP contribution in [-0.2, 0) is 28.7 Å². The number of carboxylic acid groups (broad SMARTS) is 1. The average molecular weight is 473 g/mol. The molecular formula is C25H44O8. The molecule has 0 saturated carbocycles. The van der Waals surface area contributed by atoms with Crippen molar-refractivity contribution < 1.29 is 38.9 Å². The van der Waals surface area contributed by atoms with Gasteiger partial charge < -0.3 is 19.7 Å². The molecule has 0 amide bonds. The van der Waals surface area contributed by atoms with Gasteiger partial charge >= 0.3 is 23.9 Å². The zero-order valence-electron chi connectivity index (χ0n) is 20.6. The Morgan fingerprint density at radius 2 is 1.15 bits per heavy atom. The lowest BCUT2D eigenvalue weighted by atomic mass is 9.95. The van der Waals surface area contributed by atoms with Crippen molar-refractivity contribution in [3.05, 3.63) is 0 Å². The lowest BCUT2D eigenvalue weighted by Gasteiger charge is -2.23. The van der Waals surface area contributed by atoms with Crippen molar-refractivity contribution in [3.63, 3.8) is 0 Å². The van der Waals surface area contributed by atoms with Gasteiger partial charge in [-0.1, -0.05) is 90.9 Å². The van der Waals surface area contributed by atoms with Crippen LogP contribution in [0.25, 0.3) is 0 Å². The van der Waals surface area contributed by atoms with Crippen LogP contribution in [0.15, 0.2) is 0 Å². The van der Waals surface area contributed by atoms with Gasteiger partial charge in [0.15, 0.2) is 5.60 Å². The SMILES string of the molecule is CCCCCCCCCCCOC(=O)C(O)(CC(=O)O)CC(=O)OC(=O)CCCCCCC. The summed E-state index contributed by atoms with van der Waals surface area (Å²) >= 11 is 0. The Hall–Kier alpha value is -1.96. The Morgan fingerprint density at radius 1 is 0.667 bits per heavy atom. The Bertz CT molecular complexity index is 575. The summed E-state index contributed by atoms with van der Waals surface area (Å²) in [6.07, 6.45) is 12.3. The van der Waals surface area contributed by atoms with Crippen LogP contribution >= 0.6 is 0 Å². The molecule has 0 rings (SSSR count). The molecule has 33 heavy (non-hydrogen) atoms. The molecule has 0 aliphatic carbocycles. The second kappa shape index (κ2) is 19.5. The van der Waals surface area contributed by atoms with Crippen molar-refractivity contribution >= 4 is 23.9 Å². The highest BCUT2D eigenvalue weighted by Crippen LogP contribution is 2.20. The lowest BCUT2D eigenvalue weighted by molar-refractivity contribution is -0.178. The molecule has 0 aromatic carbocycles. The minimum Gasteiger partial charge on any atom is -0.481 e. The van der Waals surface area contributed by atoms with Crippen molar-refractivity contribution in [1.82, 2.24) is 0 Å². The van der Waals surface area contributed by atoms with Gasteiger partial charge in [0.25, 0.3) is 0 Å². The van der Waals surface area contributed by atoms with Gasteiger partial charge in [-0.15, -0.1) is 0 Å². The second-order valence-corrected chi connectivity index (χ2v) is 8.75. The van der Waals surface area contributed by atoms with Crippen LogP contribution in [0, 0.1) is 0 Å². The molecule has 0 aliphatic rings. The molecule has 0 spiro atoms. The number of aliphatic hydroxyl groups is 1. The fraction of sp³-hybridized carbons (Fsp3) is 0.840. The van der Waals surface area contributed by atoms with E-state index < -0.39 is 42.3 Å². The van der Waals surface area contributed by atoms with Crippen molar-refractivity contribution in [2.75, 3.05) is 6.61 Å². The standard InChI is InChI=1S/C25H44O8/c1-3-5-7-9-10-11-12-14-16-18-32-24(30)25(31,19-21(26)27)20-23(29)33-22(28)17-15-13-8-6-4-2/h31H,3-20H2,1-2H3,(H,26,27). The van der Waals surface area contributed by atoms with Gasteiger partial charge in [-0.2, -0.15) is 0 Å². The van der Waals surface area contributed by atoms with Crippen LogP contribution < -0.4 is 0 Å². The van der Waals surface area contributed by atoms with Crippen molar-refractivity contribution in [2.45, 2.75) is 129 Å². The lowest BCUT2D eigenvalue weighted by Crippen LogP contribution is -2.44. The maximum Gasteiger partial charge on any atom is 0.339 e. The fourth-order valence-corrected chi connectivity index (χ4v) is 3.49. The molecule has 2 N–H and O–H groups in total. The van der Waals surface area contributed by atoms with Crippen molar-refractivity contribution in [3.8, 4) is 0 Å². The predicted molar refractivity (Wildman–Crippen MR) is 124 cm³/mol.